The van der Waals surface area contributed by atoms with E-state index in [1.54, 1.807) is 0 Å². The Morgan fingerprint density at radius 1 is 1.39 bits per heavy atom. The molecule has 0 aliphatic carbocycles. The van der Waals surface area contributed by atoms with Gasteiger partial charge in [0.25, 0.3) is 5.91 Å². The average molecular weight is 284 g/mol. The van der Waals surface area contributed by atoms with Crippen molar-refractivity contribution in [1.29, 1.82) is 0 Å². The van der Waals surface area contributed by atoms with Crippen molar-refractivity contribution in [3.63, 3.8) is 0 Å². The van der Waals surface area contributed by atoms with E-state index in [0.29, 0.717) is 0 Å². The third kappa shape index (κ3) is 5.78. The normalized spacial score (nSPS) is 11.3. The summed E-state index contributed by atoms with van der Waals surface area (Å²) in [4.78, 5) is 11.4. The van der Waals surface area contributed by atoms with E-state index < -0.39 is 18.7 Å². The molecule has 0 fully saturated rings. The van der Waals surface area contributed by atoms with E-state index in [-0.39, 0.29) is 24.0 Å². The Kier molecular flexibility index (Phi) is 5.29. The maximum absolute atomic E-state index is 11.7. The molecule has 9 heteroatoms. The van der Waals surface area contributed by atoms with Crippen LogP contribution in [0.4, 0.5) is 13.2 Å². The minimum Gasteiger partial charge on any atom is -0.370 e. The van der Waals surface area contributed by atoms with Crippen LogP contribution in [0.3, 0.4) is 0 Å². The molecule has 0 saturated carbocycles. The molecule has 1 heterocycles. The highest BCUT2D eigenvalue weighted by Crippen LogP contribution is 2.13. The van der Waals surface area contributed by atoms with E-state index >= 15 is 0 Å². The first-order valence-corrected chi connectivity index (χ1v) is 5.18. The van der Waals surface area contributed by atoms with Crippen LogP contribution in [-0.4, -0.2) is 42.0 Å². The van der Waals surface area contributed by atoms with Gasteiger partial charge in [-0.2, -0.15) is 13.2 Å². The summed E-state index contributed by atoms with van der Waals surface area (Å²) in [5.41, 5.74) is 0.0234. The average Bonchev–Trinajstić information content (AvgIpc) is 2.27. The third-order valence-corrected chi connectivity index (χ3v) is 1.86. The van der Waals surface area contributed by atoms with Gasteiger partial charge in [0.2, 0.25) is 0 Å². The number of carbonyl (C=O) groups excluding carboxylic acids is 1. The van der Waals surface area contributed by atoms with Crippen LogP contribution in [0.5, 0.6) is 0 Å². The summed E-state index contributed by atoms with van der Waals surface area (Å²) in [6.07, 6.45) is -4.37. The van der Waals surface area contributed by atoms with E-state index in [2.05, 4.69) is 20.3 Å². The van der Waals surface area contributed by atoms with Crippen LogP contribution in [0, 0.1) is 0 Å². The van der Waals surface area contributed by atoms with Gasteiger partial charge in [-0.15, -0.1) is 10.2 Å². The van der Waals surface area contributed by atoms with Crippen molar-refractivity contribution >= 4 is 17.5 Å². The van der Waals surface area contributed by atoms with Crippen LogP contribution in [-0.2, 0) is 4.74 Å². The first kappa shape index (κ1) is 14.7. The van der Waals surface area contributed by atoms with Gasteiger partial charge in [0.05, 0.1) is 6.61 Å². The molecule has 0 atom stereocenters. The molecule has 100 valence electrons. The van der Waals surface area contributed by atoms with Crippen LogP contribution in [0.1, 0.15) is 10.5 Å². The lowest BCUT2D eigenvalue weighted by Crippen LogP contribution is -2.29. The minimum absolute atomic E-state index is 0.0234. The molecule has 0 spiro atoms. The summed E-state index contributed by atoms with van der Waals surface area (Å²) in [7, 11) is 0. The Morgan fingerprint density at radius 3 is 2.67 bits per heavy atom. The molecular formula is C9H9ClF3N3O2. The van der Waals surface area contributed by atoms with Crippen molar-refractivity contribution < 1.29 is 22.7 Å². The first-order chi connectivity index (χ1) is 8.38. The van der Waals surface area contributed by atoms with Crippen molar-refractivity contribution in [2.24, 2.45) is 0 Å². The highest BCUT2D eigenvalue weighted by molar-refractivity contribution is 6.29. The lowest BCUT2D eigenvalue weighted by Gasteiger charge is -2.08. The van der Waals surface area contributed by atoms with Crippen molar-refractivity contribution in [2.75, 3.05) is 19.8 Å². The zero-order valence-electron chi connectivity index (χ0n) is 9.00. The number of hydrogen-bond donors (Lipinski definition) is 1. The van der Waals surface area contributed by atoms with Gasteiger partial charge in [-0.25, -0.2) is 0 Å². The largest absolute Gasteiger partial charge is 0.411 e. The molecule has 18 heavy (non-hydrogen) atoms. The molecule has 1 aromatic rings. The van der Waals surface area contributed by atoms with Gasteiger partial charge >= 0.3 is 6.18 Å². The number of ether oxygens (including phenoxy) is 1. The number of hydrogen-bond acceptors (Lipinski definition) is 4. The van der Waals surface area contributed by atoms with E-state index in [1.807, 2.05) is 0 Å². The molecular weight excluding hydrogens is 275 g/mol. The second-order valence-electron chi connectivity index (χ2n) is 3.16. The van der Waals surface area contributed by atoms with Crippen LogP contribution in [0.15, 0.2) is 12.1 Å². The van der Waals surface area contributed by atoms with E-state index in [9.17, 15) is 18.0 Å². The lowest BCUT2D eigenvalue weighted by atomic mass is 10.4. The molecule has 1 amide bonds. The quantitative estimate of drug-likeness (QED) is 0.831. The molecule has 0 bridgehead atoms. The fourth-order valence-electron chi connectivity index (χ4n) is 0.952. The minimum atomic E-state index is -4.37. The predicted octanol–water partition coefficient (Wildman–Crippen LogP) is 1.44. The highest BCUT2D eigenvalue weighted by atomic mass is 35.5. The Balaban J connectivity index is 2.24. The van der Waals surface area contributed by atoms with Gasteiger partial charge in [0, 0.05) is 6.54 Å². The van der Waals surface area contributed by atoms with E-state index in [1.165, 1.54) is 12.1 Å². The topological polar surface area (TPSA) is 64.1 Å². The molecule has 0 aliphatic heterocycles. The van der Waals surface area contributed by atoms with E-state index in [0.717, 1.165) is 0 Å². The summed E-state index contributed by atoms with van der Waals surface area (Å²) in [5, 5.41) is 9.42. The maximum atomic E-state index is 11.7. The van der Waals surface area contributed by atoms with Gasteiger partial charge < -0.3 is 10.1 Å². The van der Waals surface area contributed by atoms with Crippen molar-refractivity contribution in [2.45, 2.75) is 6.18 Å². The van der Waals surface area contributed by atoms with Gasteiger partial charge in [0.1, 0.15) is 6.61 Å². The van der Waals surface area contributed by atoms with Crippen molar-refractivity contribution in [1.82, 2.24) is 15.5 Å². The second-order valence-corrected chi connectivity index (χ2v) is 3.55. The summed E-state index contributed by atoms with van der Waals surface area (Å²) < 4.78 is 39.4. The zero-order chi connectivity index (χ0) is 13.6. The van der Waals surface area contributed by atoms with Gasteiger partial charge in [-0.05, 0) is 12.1 Å². The van der Waals surface area contributed by atoms with Crippen LogP contribution < -0.4 is 5.32 Å². The number of amides is 1. The van der Waals surface area contributed by atoms with Crippen LogP contribution in [0.25, 0.3) is 0 Å². The monoisotopic (exact) mass is 283 g/mol. The van der Waals surface area contributed by atoms with Crippen molar-refractivity contribution in [3.8, 4) is 0 Å². The van der Waals surface area contributed by atoms with Gasteiger partial charge in [-0.1, -0.05) is 11.6 Å². The number of alkyl halides is 3. The molecule has 0 unspecified atom stereocenters. The second kappa shape index (κ2) is 6.50. The fraction of sp³-hybridized carbons (Fsp3) is 0.444. The highest BCUT2D eigenvalue weighted by Gasteiger charge is 2.27. The lowest BCUT2D eigenvalue weighted by molar-refractivity contribution is -0.173. The molecule has 1 aromatic heterocycles. The fourth-order valence-corrected chi connectivity index (χ4v) is 1.05. The Bertz CT molecular complexity index is 397. The first-order valence-electron chi connectivity index (χ1n) is 4.80. The van der Waals surface area contributed by atoms with Crippen molar-refractivity contribution in [3.05, 3.63) is 23.0 Å². The zero-order valence-corrected chi connectivity index (χ0v) is 9.75. The number of nitrogens with zero attached hydrogens (tertiary/aromatic N) is 2. The standard InChI is InChI=1S/C9H9ClF3N3O2/c10-7-2-1-6(15-16-7)8(17)14-3-4-18-5-9(11,12)13/h1-2H,3-5H2,(H,14,17). The van der Waals surface area contributed by atoms with Crippen LogP contribution >= 0.6 is 11.6 Å². The summed E-state index contributed by atoms with van der Waals surface area (Å²) in [6, 6.07) is 2.73. The molecule has 0 saturated heterocycles. The number of carbonyl (C=O) groups is 1. The van der Waals surface area contributed by atoms with Crippen LogP contribution in [0.2, 0.25) is 5.15 Å². The van der Waals surface area contributed by atoms with E-state index in [4.69, 9.17) is 11.6 Å². The molecule has 1 rings (SSSR count). The number of rotatable bonds is 5. The summed E-state index contributed by atoms with van der Waals surface area (Å²) in [6.45, 7) is -1.64. The Labute approximate surface area is 105 Å². The summed E-state index contributed by atoms with van der Waals surface area (Å²) in [5.74, 6) is -0.560. The predicted molar refractivity (Wildman–Crippen MR) is 56.2 cm³/mol. The number of nitrogens with one attached hydrogen (secondary N) is 1. The molecule has 0 radical (unpaired) electrons. The molecule has 0 aliphatic rings. The Morgan fingerprint density at radius 2 is 2.11 bits per heavy atom. The number of aromatic nitrogens is 2. The molecule has 1 N–H and O–H groups in total. The maximum Gasteiger partial charge on any atom is 0.411 e. The number of halogens is 4. The smallest absolute Gasteiger partial charge is 0.370 e. The molecule has 0 aromatic carbocycles. The molecule has 5 nitrogen and oxygen atoms in total. The Hall–Kier alpha value is -1.41. The SMILES string of the molecule is O=C(NCCOCC(F)(F)F)c1ccc(Cl)nn1. The van der Waals surface area contributed by atoms with Gasteiger partial charge in [0.15, 0.2) is 10.8 Å². The summed E-state index contributed by atoms with van der Waals surface area (Å²) >= 11 is 5.47. The van der Waals surface area contributed by atoms with Gasteiger partial charge in [-0.3, -0.25) is 4.79 Å². The third-order valence-electron chi connectivity index (χ3n) is 1.66.